The van der Waals surface area contributed by atoms with E-state index in [4.69, 9.17) is 11.0 Å². The molecule has 2 aromatic rings. The summed E-state index contributed by atoms with van der Waals surface area (Å²) in [5.74, 6) is -0.296. The molecule has 0 aliphatic heterocycles. The number of aromatic amines is 1. The van der Waals surface area contributed by atoms with Crippen molar-refractivity contribution in [1.82, 2.24) is 15.5 Å². The van der Waals surface area contributed by atoms with Gasteiger partial charge in [0, 0.05) is 25.4 Å². The summed E-state index contributed by atoms with van der Waals surface area (Å²) >= 11 is 1.16. The van der Waals surface area contributed by atoms with Gasteiger partial charge >= 0.3 is 0 Å². The number of hydrogen-bond donors (Lipinski definition) is 4. The van der Waals surface area contributed by atoms with Crippen LogP contribution in [0.15, 0.2) is 12.4 Å². The summed E-state index contributed by atoms with van der Waals surface area (Å²) in [6.45, 7) is 0.498. The maximum atomic E-state index is 11.6. The summed E-state index contributed by atoms with van der Waals surface area (Å²) in [5.41, 5.74) is 7.26. The number of carbonyl (C=O) groups excluding carboxylic acids is 1. The summed E-state index contributed by atoms with van der Waals surface area (Å²) in [7, 11) is 1.52. The van der Waals surface area contributed by atoms with Gasteiger partial charge in [0.2, 0.25) is 0 Å². The highest BCUT2D eigenvalue weighted by molar-refractivity contribution is 7.18. The number of nitriles is 1. The molecule has 0 aliphatic rings. The van der Waals surface area contributed by atoms with Crippen LogP contribution in [0.4, 0.5) is 10.7 Å². The average Bonchev–Trinajstić information content (AvgIpc) is 3.03. The quantitative estimate of drug-likeness (QED) is 0.661. The molecule has 0 aliphatic carbocycles. The van der Waals surface area contributed by atoms with Crippen LogP contribution >= 0.6 is 11.3 Å². The Hall–Kier alpha value is -2.53. The molecule has 0 aromatic carbocycles. The Morgan fingerprint density at radius 3 is 3.05 bits per heavy atom. The molecule has 0 saturated heterocycles. The van der Waals surface area contributed by atoms with Gasteiger partial charge in [-0.3, -0.25) is 9.89 Å². The fraction of sp³-hybridized carbons (Fsp3) is 0.182. The number of rotatable bonds is 4. The Balaban J connectivity index is 2.25. The monoisotopic (exact) mass is 276 g/mol. The molecule has 0 bridgehead atoms. The Kier molecular flexibility index (Phi) is 3.68. The van der Waals surface area contributed by atoms with Gasteiger partial charge in [0.15, 0.2) is 0 Å². The van der Waals surface area contributed by atoms with Crippen LogP contribution in [0.5, 0.6) is 0 Å². The zero-order chi connectivity index (χ0) is 13.8. The van der Waals surface area contributed by atoms with Gasteiger partial charge in [-0.2, -0.15) is 10.4 Å². The zero-order valence-corrected chi connectivity index (χ0v) is 11.0. The van der Waals surface area contributed by atoms with E-state index in [-0.39, 0.29) is 11.6 Å². The highest BCUT2D eigenvalue weighted by Crippen LogP contribution is 2.35. The average molecular weight is 276 g/mol. The molecule has 2 aromatic heterocycles. The lowest BCUT2D eigenvalue weighted by Gasteiger charge is -2.01. The Labute approximate surface area is 113 Å². The van der Waals surface area contributed by atoms with E-state index in [1.54, 1.807) is 12.4 Å². The smallest absolute Gasteiger partial charge is 0.263 e. The predicted molar refractivity (Wildman–Crippen MR) is 72.8 cm³/mol. The number of hydrogen-bond acceptors (Lipinski definition) is 6. The van der Waals surface area contributed by atoms with Gasteiger partial charge in [0.1, 0.15) is 21.5 Å². The molecule has 0 unspecified atom stereocenters. The fourth-order valence-corrected chi connectivity index (χ4v) is 2.53. The van der Waals surface area contributed by atoms with Gasteiger partial charge in [0.05, 0.1) is 11.9 Å². The molecule has 0 atom stereocenters. The number of nitrogen functional groups attached to an aromatic ring is 1. The molecule has 98 valence electrons. The second kappa shape index (κ2) is 5.41. The highest BCUT2D eigenvalue weighted by atomic mass is 32.1. The summed E-state index contributed by atoms with van der Waals surface area (Å²) in [5, 5.41) is 21.8. The van der Waals surface area contributed by atoms with Crippen molar-refractivity contribution in [1.29, 1.82) is 5.26 Å². The Morgan fingerprint density at radius 2 is 2.47 bits per heavy atom. The number of nitrogens with two attached hydrogens (primary N) is 1. The minimum atomic E-state index is -0.296. The first kappa shape index (κ1) is 12.9. The molecule has 2 rings (SSSR count). The van der Waals surface area contributed by atoms with Crippen molar-refractivity contribution in [3.05, 3.63) is 28.4 Å². The number of nitrogens with zero attached hydrogens (tertiary/aromatic N) is 2. The standard InChI is InChI=1S/C11H12N6OS/c1-14-10(18)9-8(13)7(2-12)11(19-9)15-3-6-4-16-17-5-6/h4-5,15H,3,13H2,1H3,(H,14,18)(H,16,17). The molecule has 2 heterocycles. The number of nitrogens with one attached hydrogen (secondary N) is 3. The van der Waals surface area contributed by atoms with Crippen molar-refractivity contribution < 1.29 is 4.79 Å². The number of H-pyrrole nitrogens is 1. The number of carbonyl (C=O) groups is 1. The lowest BCUT2D eigenvalue weighted by molar-refractivity contribution is 0.0968. The lowest BCUT2D eigenvalue weighted by Crippen LogP contribution is -2.17. The first-order valence-electron chi connectivity index (χ1n) is 5.43. The van der Waals surface area contributed by atoms with E-state index in [2.05, 4.69) is 20.8 Å². The second-order valence-corrected chi connectivity index (χ2v) is 4.72. The van der Waals surface area contributed by atoms with Gasteiger partial charge in [-0.15, -0.1) is 11.3 Å². The number of thiophene rings is 1. The van der Waals surface area contributed by atoms with Crippen LogP contribution in [0.1, 0.15) is 20.8 Å². The van der Waals surface area contributed by atoms with Gasteiger partial charge < -0.3 is 16.4 Å². The SMILES string of the molecule is CNC(=O)c1sc(NCc2cn[nH]c2)c(C#N)c1N. The van der Waals surface area contributed by atoms with E-state index in [0.29, 0.717) is 22.0 Å². The van der Waals surface area contributed by atoms with Crippen molar-refractivity contribution in [2.24, 2.45) is 0 Å². The van der Waals surface area contributed by atoms with Crippen LogP contribution in [0.3, 0.4) is 0 Å². The maximum absolute atomic E-state index is 11.6. The Morgan fingerprint density at radius 1 is 1.68 bits per heavy atom. The molecule has 19 heavy (non-hydrogen) atoms. The Bertz CT molecular complexity index is 624. The lowest BCUT2D eigenvalue weighted by atomic mass is 10.2. The largest absolute Gasteiger partial charge is 0.396 e. The van der Waals surface area contributed by atoms with Crippen LogP contribution in [-0.2, 0) is 6.54 Å². The van der Waals surface area contributed by atoms with Crippen LogP contribution < -0.4 is 16.4 Å². The second-order valence-electron chi connectivity index (χ2n) is 3.70. The third kappa shape index (κ3) is 2.51. The van der Waals surface area contributed by atoms with E-state index < -0.39 is 0 Å². The van der Waals surface area contributed by atoms with Gasteiger partial charge in [-0.25, -0.2) is 0 Å². The maximum Gasteiger partial charge on any atom is 0.263 e. The van der Waals surface area contributed by atoms with E-state index in [0.717, 1.165) is 16.9 Å². The van der Waals surface area contributed by atoms with Crippen LogP contribution in [-0.4, -0.2) is 23.2 Å². The molecule has 5 N–H and O–H groups in total. The van der Waals surface area contributed by atoms with Crippen molar-refractivity contribution >= 4 is 27.9 Å². The topological polar surface area (TPSA) is 120 Å². The number of aromatic nitrogens is 2. The minimum Gasteiger partial charge on any atom is -0.396 e. The number of anilines is 2. The molecular formula is C11H12N6OS. The van der Waals surface area contributed by atoms with E-state index in [1.165, 1.54) is 7.05 Å². The molecule has 0 fully saturated rings. The molecular weight excluding hydrogens is 264 g/mol. The first-order valence-corrected chi connectivity index (χ1v) is 6.25. The first-order chi connectivity index (χ1) is 9.17. The third-order valence-electron chi connectivity index (χ3n) is 2.50. The minimum absolute atomic E-state index is 0.210. The summed E-state index contributed by atoms with van der Waals surface area (Å²) in [4.78, 5) is 12.0. The van der Waals surface area contributed by atoms with Gasteiger partial charge in [-0.1, -0.05) is 0 Å². The van der Waals surface area contributed by atoms with Crippen molar-refractivity contribution in [3.63, 3.8) is 0 Å². The highest BCUT2D eigenvalue weighted by Gasteiger charge is 2.20. The van der Waals surface area contributed by atoms with Gasteiger partial charge in [-0.05, 0) is 0 Å². The normalized spacial score (nSPS) is 9.89. The van der Waals surface area contributed by atoms with E-state index in [1.807, 2.05) is 6.07 Å². The predicted octanol–water partition coefficient (Wildman–Crippen LogP) is 0.897. The molecule has 8 heteroatoms. The van der Waals surface area contributed by atoms with E-state index in [9.17, 15) is 4.79 Å². The van der Waals surface area contributed by atoms with Gasteiger partial charge in [0.25, 0.3) is 5.91 Å². The third-order valence-corrected chi connectivity index (χ3v) is 3.66. The van der Waals surface area contributed by atoms with Crippen LogP contribution in [0.2, 0.25) is 0 Å². The summed E-state index contributed by atoms with van der Waals surface area (Å²) in [6, 6.07) is 2.01. The van der Waals surface area contributed by atoms with Crippen molar-refractivity contribution in [2.75, 3.05) is 18.1 Å². The van der Waals surface area contributed by atoms with Crippen LogP contribution in [0.25, 0.3) is 0 Å². The summed E-state index contributed by atoms with van der Waals surface area (Å²) in [6.07, 6.45) is 3.42. The zero-order valence-electron chi connectivity index (χ0n) is 10.2. The molecule has 0 spiro atoms. The molecule has 1 amide bonds. The van der Waals surface area contributed by atoms with Crippen LogP contribution in [0, 0.1) is 11.3 Å². The van der Waals surface area contributed by atoms with Crippen molar-refractivity contribution in [2.45, 2.75) is 6.54 Å². The van der Waals surface area contributed by atoms with E-state index >= 15 is 0 Å². The van der Waals surface area contributed by atoms with Crippen molar-refractivity contribution in [3.8, 4) is 6.07 Å². The summed E-state index contributed by atoms with van der Waals surface area (Å²) < 4.78 is 0. The molecule has 0 radical (unpaired) electrons. The number of amides is 1. The molecule has 7 nitrogen and oxygen atoms in total. The molecule has 0 saturated carbocycles. The fourth-order valence-electron chi connectivity index (χ4n) is 1.52.